The third kappa shape index (κ3) is 2.12. The SMILES string of the molecule is Cc1cn(Cc2ncnn2C(C)C)c(C)c1C. The van der Waals surface area contributed by atoms with E-state index in [0.29, 0.717) is 6.04 Å². The topological polar surface area (TPSA) is 35.6 Å². The Kier molecular flexibility index (Phi) is 3.05. The van der Waals surface area contributed by atoms with Gasteiger partial charge in [0.1, 0.15) is 12.2 Å². The van der Waals surface area contributed by atoms with Crippen LogP contribution in [0.2, 0.25) is 0 Å². The van der Waals surface area contributed by atoms with E-state index in [-0.39, 0.29) is 0 Å². The quantitative estimate of drug-likeness (QED) is 0.815. The van der Waals surface area contributed by atoms with Gasteiger partial charge in [0, 0.05) is 17.9 Å². The highest BCUT2D eigenvalue weighted by Crippen LogP contribution is 2.16. The largest absolute Gasteiger partial charge is 0.344 e. The Labute approximate surface area is 102 Å². The summed E-state index contributed by atoms with van der Waals surface area (Å²) in [6.45, 7) is 11.5. The van der Waals surface area contributed by atoms with E-state index in [4.69, 9.17) is 0 Å². The molecule has 0 unspecified atom stereocenters. The molecule has 2 aromatic rings. The van der Waals surface area contributed by atoms with Gasteiger partial charge in [-0.3, -0.25) is 0 Å². The van der Waals surface area contributed by atoms with Crippen LogP contribution < -0.4 is 0 Å². The zero-order valence-electron chi connectivity index (χ0n) is 11.2. The maximum atomic E-state index is 4.34. The van der Waals surface area contributed by atoms with Crippen LogP contribution in [0.1, 0.15) is 42.5 Å². The first-order valence-electron chi connectivity index (χ1n) is 6.02. The van der Waals surface area contributed by atoms with Crippen LogP contribution in [0.25, 0.3) is 0 Å². The molecule has 2 heterocycles. The molecule has 0 atom stereocenters. The molecule has 2 aromatic heterocycles. The molecule has 92 valence electrons. The number of rotatable bonds is 3. The van der Waals surface area contributed by atoms with Gasteiger partial charge in [-0.2, -0.15) is 5.10 Å². The van der Waals surface area contributed by atoms with E-state index >= 15 is 0 Å². The van der Waals surface area contributed by atoms with Gasteiger partial charge in [-0.05, 0) is 45.7 Å². The van der Waals surface area contributed by atoms with Crippen molar-refractivity contribution in [2.24, 2.45) is 0 Å². The standard InChI is InChI=1S/C13H20N4/c1-9(2)17-13(14-8-15-17)7-16-6-10(3)11(4)12(16)5/h6,8-9H,7H2,1-5H3. The highest BCUT2D eigenvalue weighted by atomic mass is 15.4. The Morgan fingerprint density at radius 2 is 1.94 bits per heavy atom. The Balaban J connectivity index is 2.32. The van der Waals surface area contributed by atoms with Crippen molar-refractivity contribution in [3.8, 4) is 0 Å². The average molecular weight is 232 g/mol. The van der Waals surface area contributed by atoms with Crippen LogP contribution in [0, 0.1) is 20.8 Å². The highest BCUT2D eigenvalue weighted by molar-refractivity contribution is 5.29. The fourth-order valence-corrected chi connectivity index (χ4v) is 2.06. The van der Waals surface area contributed by atoms with Gasteiger partial charge in [0.25, 0.3) is 0 Å². The van der Waals surface area contributed by atoms with Crippen molar-refractivity contribution in [2.75, 3.05) is 0 Å². The molecule has 4 nitrogen and oxygen atoms in total. The van der Waals surface area contributed by atoms with E-state index in [2.05, 4.69) is 55.5 Å². The first kappa shape index (κ1) is 11.9. The monoisotopic (exact) mass is 232 g/mol. The van der Waals surface area contributed by atoms with E-state index in [1.807, 2.05) is 4.68 Å². The van der Waals surface area contributed by atoms with Crippen LogP contribution in [0.3, 0.4) is 0 Å². The molecule has 17 heavy (non-hydrogen) atoms. The van der Waals surface area contributed by atoms with Crippen LogP contribution in [0.4, 0.5) is 0 Å². The minimum Gasteiger partial charge on any atom is -0.344 e. The summed E-state index contributed by atoms with van der Waals surface area (Å²) >= 11 is 0. The molecular weight excluding hydrogens is 212 g/mol. The molecule has 0 bridgehead atoms. The predicted molar refractivity (Wildman–Crippen MR) is 68.2 cm³/mol. The lowest BCUT2D eigenvalue weighted by molar-refractivity contribution is 0.495. The third-order valence-corrected chi connectivity index (χ3v) is 3.36. The summed E-state index contributed by atoms with van der Waals surface area (Å²) in [5.41, 5.74) is 4.00. The number of hydrogen-bond donors (Lipinski definition) is 0. The molecule has 4 heteroatoms. The lowest BCUT2D eigenvalue weighted by Crippen LogP contribution is -2.12. The molecule has 0 spiro atoms. The van der Waals surface area contributed by atoms with Gasteiger partial charge >= 0.3 is 0 Å². The molecule has 0 saturated carbocycles. The van der Waals surface area contributed by atoms with Gasteiger partial charge in [0.05, 0.1) is 6.54 Å². The van der Waals surface area contributed by atoms with Gasteiger partial charge in [-0.25, -0.2) is 9.67 Å². The fourth-order valence-electron chi connectivity index (χ4n) is 2.06. The van der Waals surface area contributed by atoms with E-state index in [0.717, 1.165) is 12.4 Å². The summed E-state index contributed by atoms with van der Waals surface area (Å²) in [5.74, 6) is 1.01. The van der Waals surface area contributed by atoms with Gasteiger partial charge in [0.15, 0.2) is 0 Å². The number of aryl methyl sites for hydroxylation is 1. The second kappa shape index (κ2) is 4.35. The molecule has 0 fully saturated rings. The molecule has 0 aromatic carbocycles. The molecule has 0 N–H and O–H groups in total. The van der Waals surface area contributed by atoms with Crippen LogP contribution >= 0.6 is 0 Å². The molecule has 0 amide bonds. The van der Waals surface area contributed by atoms with Gasteiger partial charge in [-0.1, -0.05) is 0 Å². The predicted octanol–water partition coefficient (Wildman–Crippen LogP) is 2.63. The molecule has 2 rings (SSSR count). The Bertz CT molecular complexity index is 520. The summed E-state index contributed by atoms with van der Waals surface area (Å²) in [6.07, 6.45) is 3.82. The average Bonchev–Trinajstić information content (AvgIpc) is 2.81. The van der Waals surface area contributed by atoms with Crippen molar-refractivity contribution >= 4 is 0 Å². The minimum absolute atomic E-state index is 0.352. The Morgan fingerprint density at radius 1 is 1.24 bits per heavy atom. The van der Waals surface area contributed by atoms with E-state index < -0.39 is 0 Å². The van der Waals surface area contributed by atoms with Crippen molar-refractivity contribution in [3.05, 3.63) is 35.2 Å². The number of hydrogen-bond acceptors (Lipinski definition) is 2. The Morgan fingerprint density at radius 3 is 2.47 bits per heavy atom. The third-order valence-electron chi connectivity index (χ3n) is 3.36. The zero-order chi connectivity index (χ0) is 12.6. The molecule has 0 saturated heterocycles. The van der Waals surface area contributed by atoms with Crippen molar-refractivity contribution in [1.82, 2.24) is 19.3 Å². The normalized spacial score (nSPS) is 11.4. The maximum absolute atomic E-state index is 4.34. The van der Waals surface area contributed by atoms with Crippen molar-refractivity contribution in [1.29, 1.82) is 0 Å². The molecule has 0 aliphatic rings. The molecule has 0 aliphatic carbocycles. The second-order valence-electron chi connectivity index (χ2n) is 4.87. The summed E-state index contributed by atoms with van der Waals surface area (Å²) in [5, 5.41) is 4.26. The van der Waals surface area contributed by atoms with E-state index in [1.165, 1.54) is 16.8 Å². The van der Waals surface area contributed by atoms with E-state index in [1.54, 1.807) is 6.33 Å². The van der Waals surface area contributed by atoms with Crippen molar-refractivity contribution < 1.29 is 0 Å². The van der Waals surface area contributed by atoms with Crippen LogP contribution in [-0.2, 0) is 6.54 Å². The molecule has 0 aliphatic heterocycles. The van der Waals surface area contributed by atoms with E-state index in [9.17, 15) is 0 Å². The van der Waals surface area contributed by atoms with Crippen molar-refractivity contribution in [2.45, 2.75) is 47.2 Å². The van der Waals surface area contributed by atoms with Gasteiger partial charge in [-0.15, -0.1) is 0 Å². The molecule has 0 radical (unpaired) electrons. The zero-order valence-corrected chi connectivity index (χ0v) is 11.2. The smallest absolute Gasteiger partial charge is 0.147 e. The van der Waals surface area contributed by atoms with Gasteiger partial charge in [0.2, 0.25) is 0 Å². The second-order valence-corrected chi connectivity index (χ2v) is 4.87. The summed E-state index contributed by atoms with van der Waals surface area (Å²) < 4.78 is 4.22. The first-order valence-corrected chi connectivity index (χ1v) is 6.02. The lowest BCUT2D eigenvalue weighted by Gasteiger charge is -2.11. The summed E-state index contributed by atoms with van der Waals surface area (Å²) in [6, 6.07) is 0.352. The van der Waals surface area contributed by atoms with Crippen molar-refractivity contribution in [3.63, 3.8) is 0 Å². The highest BCUT2D eigenvalue weighted by Gasteiger charge is 2.11. The maximum Gasteiger partial charge on any atom is 0.147 e. The van der Waals surface area contributed by atoms with Crippen LogP contribution in [0.15, 0.2) is 12.5 Å². The first-order chi connectivity index (χ1) is 8.00. The summed E-state index contributed by atoms with van der Waals surface area (Å²) in [7, 11) is 0. The number of aromatic nitrogens is 4. The van der Waals surface area contributed by atoms with Crippen LogP contribution in [0.5, 0.6) is 0 Å². The minimum atomic E-state index is 0.352. The summed E-state index contributed by atoms with van der Waals surface area (Å²) in [4.78, 5) is 4.34. The lowest BCUT2D eigenvalue weighted by atomic mass is 10.2. The number of nitrogens with zero attached hydrogens (tertiary/aromatic N) is 4. The van der Waals surface area contributed by atoms with Gasteiger partial charge < -0.3 is 4.57 Å². The fraction of sp³-hybridized carbons (Fsp3) is 0.538. The van der Waals surface area contributed by atoms with Crippen LogP contribution in [-0.4, -0.2) is 19.3 Å². The Hall–Kier alpha value is -1.58. The molecular formula is C13H20N4.